The number of hydrogen-bond acceptors (Lipinski definition) is 3. The molecule has 1 unspecified atom stereocenters. The third-order valence-electron chi connectivity index (χ3n) is 7.73. The van der Waals surface area contributed by atoms with Crippen molar-refractivity contribution >= 4 is 39.4 Å². The largest absolute Gasteiger partial charge is 0.438 e. The second-order valence-electron chi connectivity index (χ2n) is 9.47. The molecule has 8 heterocycles. The lowest BCUT2D eigenvalue weighted by Gasteiger charge is -2.31. The molecule has 4 aromatic heterocycles. The van der Waals surface area contributed by atoms with Crippen molar-refractivity contribution in [3.05, 3.63) is 78.6 Å². The predicted molar refractivity (Wildman–Crippen MR) is 126 cm³/mol. The van der Waals surface area contributed by atoms with Gasteiger partial charge in [0.15, 0.2) is 17.4 Å². The minimum absolute atomic E-state index is 0.251. The molecule has 0 bridgehead atoms. The summed E-state index contributed by atoms with van der Waals surface area (Å²) in [6.45, 7) is 0. The third-order valence-corrected chi connectivity index (χ3v) is 8.82. The van der Waals surface area contributed by atoms with Crippen LogP contribution in [0.5, 0.6) is 11.6 Å². The van der Waals surface area contributed by atoms with Gasteiger partial charge in [0.2, 0.25) is 21.9 Å². The summed E-state index contributed by atoms with van der Waals surface area (Å²) < 4.78 is 54.6. The quantitative estimate of drug-likeness (QED) is 0.208. The van der Waals surface area contributed by atoms with Crippen molar-refractivity contribution < 1.29 is 27.3 Å². The number of nitrogens with zero attached hydrogens (tertiary/aromatic N) is 6. The summed E-state index contributed by atoms with van der Waals surface area (Å²) in [5.41, 5.74) is 3.59. The highest BCUT2D eigenvalue weighted by Gasteiger charge is 2.72. The molecule has 0 saturated carbocycles. The summed E-state index contributed by atoms with van der Waals surface area (Å²) in [5, 5.41) is 6.33. The Bertz CT molecular complexity index is 2110. The van der Waals surface area contributed by atoms with Crippen molar-refractivity contribution in [2.75, 3.05) is 0 Å². The lowest BCUT2D eigenvalue weighted by atomic mass is 10.2. The molecule has 0 N–H and O–H groups in total. The molecule has 10 rings (SSSR count). The Morgan fingerprint density at radius 3 is 2.70 bits per heavy atom. The van der Waals surface area contributed by atoms with E-state index in [0.29, 0.717) is 28.7 Å². The number of quaternary nitrogens is 1. The normalized spacial score (nSPS) is 18.9. The first-order chi connectivity index (χ1) is 18.0. The molecule has 1 atom stereocenters. The van der Waals surface area contributed by atoms with Crippen molar-refractivity contribution in [3.8, 4) is 28.7 Å². The fraction of sp³-hybridized carbons (Fsp3) is 0.0385. The number of para-hydroxylation sites is 1. The van der Waals surface area contributed by atoms with Gasteiger partial charge in [0.25, 0.3) is 0 Å². The van der Waals surface area contributed by atoms with Gasteiger partial charge < -0.3 is 4.74 Å². The molecule has 0 amide bonds. The number of benzene rings is 2. The Kier molecular flexibility index (Phi) is 2.79. The van der Waals surface area contributed by atoms with Crippen LogP contribution in [0.4, 0.5) is 18.9 Å². The first-order valence-electron chi connectivity index (χ1n) is 11.6. The number of aromatic nitrogens is 5. The Balaban J connectivity index is 1.53. The number of ether oxygens (including phenoxy) is 1. The predicted octanol–water partition coefficient (Wildman–Crippen LogP) is 5.14. The van der Waals surface area contributed by atoms with Crippen LogP contribution in [0.15, 0.2) is 82.7 Å². The van der Waals surface area contributed by atoms with Gasteiger partial charge in [0, 0.05) is 27.0 Å². The maximum Gasteiger partial charge on any atom is 0.438 e. The van der Waals surface area contributed by atoms with Crippen LogP contribution in [0.1, 0.15) is 5.69 Å². The second kappa shape index (κ2) is 5.48. The maximum absolute atomic E-state index is 14.0. The highest BCUT2D eigenvalue weighted by atomic mass is 32.2. The average Bonchev–Trinajstić information content (AvgIpc) is 3.56. The zero-order valence-electron chi connectivity index (χ0n) is 18.6. The number of halogens is 3. The highest BCUT2D eigenvalue weighted by Crippen LogP contribution is 2.56. The lowest BCUT2D eigenvalue weighted by Crippen LogP contribution is -2.88. The number of pyridine rings is 2. The molecule has 1 spiro atoms. The van der Waals surface area contributed by atoms with E-state index in [1.807, 2.05) is 45.9 Å². The van der Waals surface area contributed by atoms with Gasteiger partial charge in [-0.05, 0) is 42.5 Å². The van der Waals surface area contributed by atoms with E-state index >= 15 is 0 Å². The maximum atomic E-state index is 14.0. The number of hydrogen-bond donors (Lipinski definition) is 0. The number of alkyl halides is 3. The van der Waals surface area contributed by atoms with Crippen LogP contribution >= 0.6 is 11.8 Å². The van der Waals surface area contributed by atoms with Crippen molar-refractivity contribution in [2.45, 2.75) is 16.0 Å². The van der Waals surface area contributed by atoms with Gasteiger partial charge in [-0.15, -0.1) is 5.10 Å². The number of rotatable bonds is 0. The van der Waals surface area contributed by atoms with Gasteiger partial charge in [-0.3, -0.25) is 0 Å². The fourth-order valence-electron chi connectivity index (χ4n) is 6.48. The van der Waals surface area contributed by atoms with Crippen LogP contribution in [-0.4, -0.2) is 14.5 Å². The Morgan fingerprint density at radius 2 is 1.81 bits per heavy atom. The van der Waals surface area contributed by atoms with E-state index in [1.54, 1.807) is 17.8 Å². The fourth-order valence-corrected chi connectivity index (χ4v) is 7.59. The molecule has 7 nitrogen and oxygen atoms in total. The van der Waals surface area contributed by atoms with Crippen LogP contribution in [0.3, 0.4) is 0 Å². The molecular formula is C26H12F3N6OS+3. The van der Waals surface area contributed by atoms with Gasteiger partial charge in [0.05, 0.1) is 21.2 Å². The van der Waals surface area contributed by atoms with Gasteiger partial charge in [0.1, 0.15) is 4.68 Å². The Hall–Kier alpha value is -4.35. The van der Waals surface area contributed by atoms with Crippen molar-refractivity contribution in [2.24, 2.45) is 0 Å². The molecule has 0 radical (unpaired) electrons. The van der Waals surface area contributed by atoms with Crippen molar-refractivity contribution in [1.29, 1.82) is 0 Å². The summed E-state index contributed by atoms with van der Waals surface area (Å²) in [6.07, 6.45) is -2.68. The molecule has 4 aliphatic rings. The molecule has 37 heavy (non-hydrogen) atoms. The summed E-state index contributed by atoms with van der Waals surface area (Å²) in [6, 6.07) is 20.8. The van der Waals surface area contributed by atoms with Gasteiger partial charge in [-0.2, -0.15) is 17.7 Å². The van der Waals surface area contributed by atoms with Gasteiger partial charge >= 0.3 is 29.1 Å². The molecule has 0 aliphatic carbocycles. The number of fused-ring (bicyclic) bond motifs is 3. The Morgan fingerprint density at radius 1 is 0.946 bits per heavy atom. The minimum atomic E-state index is -4.59. The average molecular weight is 513 g/mol. The Labute approximate surface area is 209 Å². The minimum Gasteiger partial charge on any atom is -0.394 e. The summed E-state index contributed by atoms with van der Waals surface area (Å²) >= 11 is 1.66. The van der Waals surface area contributed by atoms with Crippen LogP contribution < -0.4 is 18.9 Å². The van der Waals surface area contributed by atoms with E-state index in [1.165, 1.54) is 4.79 Å². The molecule has 176 valence electrons. The van der Waals surface area contributed by atoms with Gasteiger partial charge in [-0.1, -0.05) is 17.8 Å². The van der Waals surface area contributed by atoms with Gasteiger partial charge in [-0.25, -0.2) is 0 Å². The van der Waals surface area contributed by atoms with Crippen LogP contribution in [-0.2, 0) is 6.18 Å². The topological polar surface area (TPSA) is 39.7 Å². The molecule has 2 aromatic carbocycles. The summed E-state index contributed by atoms with van der Waals surface area (Å²) in [5.74, 6) is 1.09. The first kappa shape index (κ1) is 18.9. The van der Waals surface area contributed by atoms with E-state index in [9.17, 15) is 13.2 Å². The second-order valence-corrected chi connectivity index (χ2v) is 10.6. The van der Waals surface area contributed by atoms with E-state index < -0.39 is 11.9 Å². The lowest BCUT2D eigenvalue weighted by molar-refractivity contribution is -1.05. The highest BCUT2D eigenvalue weighted by molar-refractivity contribution is 7.99. The van der Waals surface area contributed by atoms with E-state index in [2.05, 4.69) is 33.9 Å². The van der Waals surface area contributed by atoms with E-state index in [4.69, 9.17) is 4.74 Å². The van der Waals surface area contributed by atoms with Crippen molar-refractivity contribution in [1.82, 2.24) is 19.3 Å². The van der Waals surface area contributed by atoms with Crippen LogP contribution in [0, 0.1) is 0 Å². The summed E-state index contributed by atoms with van der Waals surface area (Å²) in [4.78, 5) is 3.36. The monoisotopic (exact) mass is 513 g/mol. The molecule has 6 aromatic rings. The summed E-state index contributed by atoms with van der Waals surface area (Å²) in [7, 11) is 0. The van der Waals surface area contributed by atoms with E-state index in [0.717, 1.165) is 43.5 Å². The van der Waals surface area contributed by atoms with Crippen molar-refractivity contribution in [3.63, 3.8) is 0 Å². The molecule has 11 heteroatoms. The molecule has 0 saturated heterocycles. The van der Waals surface area contributed by atoms with Crippen LogP contribution in [0.25, 0.3) is 39.0 Å². The first-order valence-corrected chi connectivity index (χ1v) is 12.5. The molecule has 4 aliphatic heterocycles. The third kappa shape index (κ3) is 1.79. The smallest absolute Gasteiger partial charge is 0.394 e. The van der Waals surface area contributed by atoms with E-state index in [-0.39, 0.29) is 4.81 Å². The SMILES string of the molecule is FC(F)(F)c1cc2n(n1)[N+]13c4c(ccc5c4-n4c6c(cccc6c6ccc[n+]1c64)S5)Oc1cccc-2[n+]13. The molecular weight excluding hydrogens is 501 g/mol. The van der Waals surface area contributed by atoms with Crippen LogP contribution in [0.2, 0.25) is 0 Å². The zero-order chi connectivity index (χ0) is 24.4. The zero-order valence-corrected chi connectivity index (χ0v) is 19.4. The molecule has 0 fully saturated rings. The standard InChI is InChI=1S/C26H12F3N6OS/c27-26(28,29)20-12-16-15-6-2-8-21-33(15)35(34(16)30-20)24-17(36-21)9-10-19-23(24)32-22-13(4-1-7-18(22)37-19)14-5-3-11-31(35)25(14)32/h1-12H/q+3.